The lowest BCUT2D eigenvalue weighted by molar-refractivity contribution is -0.143. The molecular formula is C48H48BBr3O12. The highest BCUT2D eigenvalue weighted by Gasteiger charge is 2.11. The van der Waals surface area contributed by atoms with Gasteiger partial charge in [0.1, 0.15) is 47.7 Å². The van der Waals surface area contributed by atoms with E-state index in [2.05, 4.69) is 69.4 Å². The summed E-state index contributed by atoms with van der Waals surface area (Å²) in [4.78, 5) is 22.3. The third-order valence-electron chi connectivity index (χ3n) is 8.97. The smallest absolute Gasteiger partial charge is 0.488 e. The van der Waals surface area contributed by atoms with Gasteiger partial charge in [0.25, 0.3) is 0 Å². The van der Waals surface area contributed by atoms with Crippen molar-refractivity contribution in [3.05, 3.63) is 157 Å². The maximum Gasteiger partial charge on any atom is 0.488 e. The summed E-state index contributed by atoms with van der Waals surface area (Å²) >= 11 is 10.5. The molecule has 0 aliphatic heterocycles. The molecule has 0 radical (unpaired) electrons. The highest BCUT2D eigenvalue weighted by Crippen LogP contribution is 2.29. The third-order valence-corrected chi connectivity index (χ3v) is 10.3. The predicted molar refractivity (Wildman–Crippen MR) is 257 cm³/mol. The van der Waals surface area contributed by atoms with Crippen LogP contribution < -0.4 is 33.9 Å². The lowest BCUT2D eigenvalue weighted by Crippen LogP contribution is -2.29. The fraction of sp³-hybridized carbons (Fsp3) is 0.208. The highest BCUT2D eigenvalue weighted by atomic mass is 79.9. The number of rotatable bonds is 16. The van der Waals surface area contributed by atoms with Crippen molar-refractivity contribution in [1.29, 1.82) is 0 Å². The first-order valence-electron chi connectivity index (χ1n) is 19.4. The van der Waals surface area contributed by atoms with Crippen molar-refractivity contribution in [2.75, 3.05) is 41.7 Å². The van der Waals surface area contributed by atoms with Crippen LogP contribution in [0.2, 0.25) is 0 Å². The zero-order chi connectivity index (χ0) is 46.6. The Hall–Kier alpha value is -5.52. The average molecular weight is 1070 g/mol. The summed E-state index contributed by atoms with van der Waals surface area (Å²) in [5.74, 6) is 3.42. The van der Waals surface area contributed by atoms with Crippen LogP contribution in [0.4, 0.5) is 0 Å². The fourth-order valence-corrected chi connectivity index (χ4v) is 7.56. The number of methoxy groups -OCH3 is 4. The number of benzene rings is 6. The van der Waals surface area contributed by atoms with E-state index in [4.69, 9.17) is 38.5 Å². The van der Waals surface area contributed by atoms with Crippen LogP contribution in [0.3, 0.4) is 0 Å². The summed E-state index contributed by atoms with van der Waals surface area (Å²) < 4.78 is 44.8. The summed E-state index contributed by atoms with van der Waals surface area (Å²) in [6, 6.07) is 37.7. The van der Waals surface area contributed by atoms with Crippen molar-refractivity contribution < 1.29 is 57.5 Å². The Morgan fingerprint density at radius 3 is 1.30 bits per heavy atom. The maximum absolute atomic E-state index is 11.2. The number of halogens is 3. The van der Waals surface area contributed by atoms with E-state index in [1.807, 2.05) is 86.6 Å². The van der Waals surface area contributed by atoms with Gasteiger partial charge < -0.3 is 47.9 Å². The van der Waals surface area contributed by atoms with Crippen molar-refractivity contribution in [2.45, 2.75) is 27.1 Å². The Bertz CT molecular complexity index is 2410. The largest absolute Gasteiger partial charge is 0.497 e. The van der Waals surface area contributed by atoms with Crippen LogP contribution in [-0.4, -0.2) is 70.8 Å². The Morgan fingerprint density at radius 1 is 0.484 bits per heavy atom. The molecule has 336 valence electrons. The Morgan fingerprint density at radius 2 is 0.891 bits per heavy atom. The maximum atomic E-state index is 11.2. The summed E-state index contributed by atoms with van der Waals surface area (Å²) in [6.07, 6.45) is 0. The first kappa shape index (κ1) is 51.1. The van der Waals surface area contributed by atoms with Crippen LogP contribution in [0.1, 0.15) is 22.3 Å². The SMILES string of the molecule is COC(=O)COc1ccc(OCc2cc(Br)cc(-c3ccc(OC)cc3)c2)cc1C.COC(=O)COc1ccc(OCc2cc(Br)cc(Br)c2)cc1C.COc1ccc(B(O)O)cc1. The summed E-state index contributed by atoms with van der Waals surface area (Å²) in [5.41, 5.74) is 6.51. The normalized spacial score (nSPS) is 10.2. The van der Waals surface area contributed by atoms with E-state index in [1.54, 1.807) is 50.6 Å². The van der Waals surface area contributed by atoms with Crippen LogP contribution in [0.25, 0.3) is 11.1 Å². The van der Waals surface area contributed by atoms with Crippen molar-refractivity contribution >= 4 is 72.3 Å². The molecule has 6 aromatic carbocycles. The lowest BCUT2D eigenvalue weighted by atomic mass is 9.80. The van der Waals surface area contributed by atoms with Crippen LogP contribution in [-0.2, 0) is 32.3 Å². The molecule has 0 aliphatic rings. The van der Waals surface area contributed by atoms with Gasteiger partial charge in [0.2, 0.25) is 0 Å². The molecule has 6 rings (SSSR count). The van der Waals surface area contributed by atoms with Gasteiger partial charge in [0, 0.05) is 13.4 Å². The molecule has 12 nitrogen and oxygen atoms in total. The van der Waals surface area contributed by atoms with Gasteiger partial charge in [0.05, 0.1) is 28.4 Å². The summed E-state index contributed by atoms with van der Waals surface area (Å²) in [5, 5.41) is 17.4. The molecule has 0 aromatic heterocycles. The molecule has 6 aromatic rings. The van der Waals surface area contributed by atoms with Gasteiger partial charge >= 0.3 is 19.1 Å². The molecule has 0 atom stereocenters. The van der Waals surface area contributed by atoms with Crippen LogP contribution in [0, 0.1) is 13.8 Å². The predicted octanol–water partition coefficient (Wildman–Crippen LogP) is 9.59. The van der Waals surface area contributed by atoms with Gasteiger partial charge in [-0.05, 0) is 150 Å². The second kappa shape index (κ2) is 26.3. The lowest BCUT2D eigenvalue weighted by Gasteiger charge is -2.12. The first-order valence-corrected chi connectivity index (χ1v) is 21.8. The van der Waals surface area contributed by atoms with Crippen molar-refractivity contribution in [3.63, 3.8) is 0 Å². The molecular weight excluding hydrogens is 1020 g/mol. The van der Waals surface area contributed by atoms with E-state index in [9.17, 15) is 9.59 Å². The molecule has 0 aliphatic carbocycles. The topological polar surface area (TPSA) is 148 Å². The van der Waals surface area contributed by atoms with E-state index < -0.39 is 19.1 Å². The van der Waals surface area contributed by atoms with E-state index in [-0.39, 0.29) is 13.2 Å². The molecule has 64 heavy (non-hydrogen) atoms. The third kappa shape index (κ3) is 17.2. The summed E-state index contributed by atoms with van der Waals surface area (Å²) in [7, 11) is 4.47. The summed E-state index contributed by atoms with van der Waals surface area (Å²) in [6.45, 7) is 4.45. The molecule has 0 unspecified atom stereocenters. The minimum atomic E-state index is -1.40. The van der Waals surface area contributed by atoms with Gasteiger partial charge in [0.15, 0.2) is 13.2 Å². The number of esters is 2. The Labute approximate surface area is 398 Å². The van der Waals surface area contributed by atoms with Crippen LogP contribution >= 0.6 is 47.8 Å². The molecule has 0 spiro atoms. The zero-order valence-corrected chi connectivity index (χ0v) is 40.8. The van der Waals surface area contributed by atoms with E-state index in [0.29, 0.717) is 35.9 Å². The minimum absolute atomic E-state index is 0.108. The monoisotopic (exact) mass is 1060 g/mol. The second-order valence-corrected chi connectivity index (χ2v) is 16.4. The standard InChI is InChI=1S/C24H23BrO5.C17H16Br2O4.C7H9BO3/c1-16-10-22(8-9-23(16)30-15-24(26)28-3)29-14-17-11-19(13-20(25)12-17)18-4-6-21(27-2)7-5-18;1-11-5-15(3-4-16(11)23-10-17(20)21-2)22-9-12-6-13(18)8-14(19)7-12;1-11-7-4-2-6(3-5-7)8(9)10/h4-13H,14-15H2,1-3H3;3-8H,9-10H2,1-2H3;2-5,9-10H,1H3. The fourth-order valence-electron chi connectivity index (χ4n) is 5.63. The minimum Gasteiger partial charge on any atom is -0.497 e. The molecule has 0 bridgehead atoms. The molecule has 0 amide bonds. The van der Waals surface area contributed by atoms with Gasteiger partial charge in [-0.3, -0.25) is 0 Å². The van der Waals surface area contributed by atoms with Gasteiger partial charge in [-0.15, -0.1) is 0 Å². The second-order valence-electron chi connectivity index (χ2n) is 13.7. The van der Waals surface area contributed by atoms with E-state index in [1.165, 1.54) is 14.2 Å². The van der Waals surface area contributed by atoms with Crippen molar-refractivity contribution in [1.82, 2.24) is 0 Å². The number of aryl methyl sites for hydroxylation is 2. The number of carbonyl (C=O) groups excluding carboxylic acids is 2. The van der Waals surface area contributed by atoms with Crippen molar-refractivity contribution in [3.8, 4) is 45.6 Å². The molecule has 0 fully saturated rings. The van der Waals surface area contributed by atoms with E-state index in [0.717, 1.165) is 64.0 Å². The van der Waals surface area contributed by atoms with Crippen molar-refractivity contribution in [2.24, 2.45) is 0 Å². The molecule has 2 N–H and O–H groups in total. The van der Waals surface area contributed by atoms with Gasteiger partial charge in [-0.1, -0.05) is 72.1 Å². The highest BCUT2D eigenvalue weighted by molar-refractivity contribution is 9.11. The molecule has 0 saturated heterocycles. The van der Waals surface area contributed by atoms with Gasteiger partial charge in [-0.25, -0.2) is 9.59 Å². The van der Waals surface area contributed by atoms with Crippen LogP contribution in [0.5, 0.6) is 34.5 Å². The number of ether oxygens (including phenoxy) is 8. The average Bonchev–Trinajstić information content (AvgIpc) is 3.29. The zero-order valence-electron chi connectivity index (χ0n) is 36.1. The quantitative estimate of drug-likeness (QED) is 0.0703. The molecule has 0 saturated carbocycles. The number of carbonyl (C=O) groups is 2. The van der Waals surface area contributed by atoms with Gasteiger partial charge in [-0.2, -0.15) is 0 Å². The molecule has 16 heteroatoms. The number of hydrogen-bond donors (Lipinski definition) is 2. The Balaban J connectivity index is 0.000000232. The molecule has 0 heterocycles. The van der Waals surface area contributed by atoms with E-state index >= 15 is 0 Å². The van der Waals surface area contributed by atoms with Crippen LogP contribution in [0.15, 0.2) is 135 Å². The number of hydrogen-bond acceptors (Lipinski definition) is 12. The Kier molecular flexibility index (Phi) is 21.0. The first-order chi connectivity index (χ1) is 30.7.